The van der Waals surface area contributed by atoms with Crippen LogP contribution in [-0.4, -0.2) is 22.8 Å². The fourth-order valence-electron chi connectivity index (χ4n) is 3.70. The molecule has 8 heteroatoms. The van der Waals surface area contributed by atoms with E-state index in [2.05, 4.69) is 5.32 Å². The third-order valence-corrected chi connectivity index (χ3v) is 5.38. The summed E-state index contributed by atoms with van der Waals surface area (Å²) in [7, 11) is 0. The van der Waals surface area contributed by atoms with Gasteiger partial charge in [-0.1, -0.05) is 25.1 Å². The molecule has 0 spiro atoms. The Morgan fingerprint density at radius 3 is 2.42 bits per heavy atom. The van der Waals surface area contributed by atoms with E-state index in [0.717, 1.165) is 17.7 Å². The van der Waals surface area contributed by atoms with E-state index in [1.165, 1.54) is 18.2 Å². The number of halogens is 3. The topological polar surface area (TPSA) is 58.6 Å². The van der Waals surface area contributed by atoms with Crippen molar-refractivity contribution in [3.8, 4) is 5.75 Å². The fraction of sp³-hybridized carbons (Fsp3) is 0.200. The van der Waals surface area contributed by atoms with Gasteiger partial charge in [0.15, 0.2) is 6.10 Å². The monoisotopic (exact) mass is 454 g/mol. The molecule has 0 unspecified atom stereocenters. The average Bonchev–Trinajstić information content (AvgIpc) is 2.91. The quantitative estimate of drug-likeness (QED) is 0.587. The highest BCUT2D eigenvalue weighted by Crippen LogP contribution is 2.30. The van der Waals surface area contributed by atoms with Crippen LogP contribution >= 0.6 is 0 Å². The van der Waals surface area contributed by atoms with Crippen LogP contribution in [0.1, 0.15) is 34.8 Å². The first-order valence-electron chi connectivity index (χ1n) is 10.4. The zero-order valence-corrected chi connectivity index (χ0v) is 17.8. The van der Waals surface area contributed by atoms with Crippen LogP contribution in [0.3, 0.4) is 0 Å². The van der Waals surface area contributed by atoms with E-state index in [0.29, 0.717) is 23.4 Å². The molecular weight excluding hydrogens is 433 g/mol. The van der Waals surface area contributed by atoms with E-state index in [-0.39, 0.29) is 24.8 Å². The van der Waals surface area contributed by atoms with E-state index in [4.69, 9.17) is 4.74 Å². The smallest absolute Gasteiger partial charge is 0.264 e. The summed E-state index contributed by atoms with van der Waals surface area (Å²) in [6.45, 7) is 2.26. The Morgan fingerprint density at radius 2 is 1.76 bits per heavy atom. The maximum atomic E-state index is 14.0. The number of anilines is 1. The Bertz CT molecular complexity index is 1180. The highest BCUT2D eigenvalue weighted by Gasteiger charge is 2.30. The van der Waals surface area contributed by atoms with Gasteiger partial charge in [0.05, 0.1) is 0 Å². The molecule has 0 radical (unpaired) electrons. The lowest BCUT2D eigenvalue weighted by molar-refractivity contribution is -0.139. The van der Waals surface area contributed by atoms with E-state index < -0.39 is 29.2 Å². The maximum absolute atomic E-state index is 14.0. The van der Waals surface area contributed by atoms with Gasteiger partial charge in [-0.25, -0.2) is 13.2 Å². The molecule has 2 amide bonds. The van der Waals surface area contributed by atoms with Crippen LogP contribution in [0, 0.1) is 17.5 Å². The molecule has 3 aromatic rings. The number of fused-ring (bicyclic) bond motifs is 1. The molecule has 170 valence electrons. The first-order chi connectivity index (χ1) is 15.9. The molecule has 0 bridgehead atoms. The summed E-state index contributed by atoms with van der Waals surface area (Å²) in [6, 6.07) is 13.8. The van der Waals surface area contributed by atoms with Crippen molar-refractivity contribution in [3.63, 3.8) is 0 Å². The zero-order valence-electron chi connectivity index (χ0n) is 17.8. The Kier molecular flexibility index (Phi) is 6.35. The van der Waals surface area contributed by atoms with Crippen molar-refractivity contribution in [2.45, 2.75) is 32.5 Å². The Balaban J connectivity index is 1.60. The van der Waals surface area contributed by atoms with Crippen molar-refractivity contribution in [3.05, 3.63) is 94.8 Å². The van der Waals surface area contributed by atoms with Crippen LogP contribution in [0.15, 0.2) is 60.7 Å². The second-order valence-electron chi connectivity index (χ2n) is 7.71. The summed E-state index contributed by atoms with van der Waals surface area (Å²) >= 11 is 0. The molecule has 0 aromatic heterocycles. The van der Waals surface area contributed by atoms with Gasteiger partial charge < -0.3 is 15.0 Å². The number of ether oxygens (including phenoxy) is 1. The second-order valence-corrected chi connectivity index (χ2v) is 7.71. The molecule has 5 nitrogen and oxygen atoms in total. The fourth-order valence-corrected chi connectivity index (χ4v) is 3.70. The van der Waals surface area contributed by atoms with Gasteiger partial charge in [0.1, 0.15) is 28.8 Å². The summed E-state index contributed by atoms with van der Waals surface area (Å²) in [5.41, 5.74) is 0.993. The van der Waals surface area contributed by atoms with Crippen molar-refractivity contribution in [1.82, 2.24) is 4.90 Å². The van der Waals surface area contributed by atoms with E-state index >= 15 is 0 Å². The molecule has 1 aliphatic rings. The average molecular weight is 454 g/mol. The molecule has 0 aliphatic carbocycles. The molecule has 0 fully saturated rings. The first kappa shape index (κ1) is 22.4. The number of benzene rings is 3. The molecule has 1 aliphatic heterocycles. The van der Waals surface area contributed by atoms with Crippen molar-refractivity contribution in [2.75, 3.05) is 5.32 Å². The summed E-state index contributed by atoms with van der Waals surface area (Å²) in [5, 5.41) is 2.50. The van der Waals surface area contributed by atoms with Crippen molar-refractivity contribution in [1.29, 1.82) is 0 Å². The van der Waals surface area contributed by atoms with Crippen LogP contribution in [0.2, 0.25) is 0 Å². The van der Waals surface area contributed by atoms with Gasteiger partial charge in [0, 0.05) is 24.3 Å². The number of amides is 2. The minimum atomic E-state index is -0.965. The molecule has 3 aromatic carbocycles. The summed E-state index contributed by atoms with van der Waals surface area (Å²) in [5.74, 6) is -2.96. The van der Waals surface area contributed by atoms with Crippen molar-refractivity contribution in [2.24, 2.45) is 0 Å². The number of hydrogen-bond donors (Lipinski definition) is 1. The molecular formula is C25H21F3N2O3. The Labute approximate surface area is 188 Å². The maximum Gasteiger partial charge on any atom is 0.264 e. The van der Waals surface area contributed by atoms with Crippen LogP contribution in [0.4, 0.5) is 18.9 Å². The number of nitrogens with one attached hydrogen (secondary N) is 1. The van der Waals surface area contributed by atoms with E-state index in [1.807, 2.05) is 6.92 Å². The highest BCUT2D eigenvalue weighted by atomic mass is 19.1. The van der Waals surface area contributed by atoms with Crippen molar-refractivity contribution < 1.29 is 27.5 Å². The molecule has 1 N–H and O–H groups in total. The number of hydrogen-bond acceptors (Lipinski definition) is 3. The lowest BCUT2D eigenvalue weighted by Crippen LogP contribution is -2.38. The highest BCUT2D eigenvalue weighted by molar-refractivity contribution is 6.04. The minimum absolute atomic E-state index is 0.180. The second kappa shape index (κ2) is 9.36. The summed E-state index contributed by atoms with van der Waals surface area (Å²) in [4.78, 5) is 27.1. The lowest BCUT2D eigenvalue weighted by atomic mass is 10.1. The van der Waals surface area contributed by atoms with Crippen LogP contribution < -0.4 is 10.1 Å². The molecule has 0 saturated carbocycles. The van der Waals surface area contributed by atoms with Gasteiger partial charge in [-0.05, 0) is 54.4 Å². The molecule has 0 saturated heterocycles. The normalized spacial score (nSPS) is 15.5. The zero-order chi connectivity index (χ0) is 23.5. The van der Waals surface area contributed by atoms with Gasteiger partial charge in [0.25, 0.3) is 11.8 Å². The molecule has 1 atom stereocenters. The van der Waals surface area contributed by atoms with Gasteiger partial charge in [0.2, 0.25) is 0 Å². The predicted molar refractivity (Wildman–Crippen MR) is 116 cm³/mol. The van der Waals surface area contributed by atoms with Gasteiger partial charge in [-0.2, -0.15) is 0 Å². The van der Waals surface area contributed by atoms with Gasteiger partial charge in [-0.15, -0.1) is 0 Å². The number of rotatable bonds is 5. The Morgan fingerprint density at radius 1 is 1.06 bits per heavy atom. The van der Waals surface area contributed by atoms with Crippen LogP contribution in [-0.2, 0) is 17.9 Å². The van der Waals surface area contributed by atoms with Crippen LogP contribution in [0.25, 0.3) is 0 Å². The van der Waals surface area contributed by atoms with Crippen LogP contribution in [0.5, 0.6) is 5.75 Å². The third-order valence-electron chi connectivity index (χ3n) is 5.38. The molecule has 33 heavy (non-hydrogen) atoms. The number of carbonyl (C=O) groups excluding carboxylic acids is 2. The van der Waals surface area contributed by atoms with Gasteiger partial charge >= 0.3 is 0 Å². The molecule has 1 heterocycles. The summed E-state index contributed by atoms with van der Waals surface area (Å²) in [6.07, 6.45) is -0.247. The number of carbonyl (C=O) groups is 2. The molecule has 4 rings (SSSR count). The van der Waals surface area contributed by atoms with Gasteiger partial charge in [-0.3, -0.25) is 9.59 Å². The number of nitrogens with zero attached hydrogens (tertiary/aromatic N) is 1. The lowest BCUT2D eigenvalue weighted by Gasteiger charge is -2.23. The summed E-state index contributed by atoms with van der Waals surface area (Å²) < 4.78 is 47.1. The minimum Gasteiger partial charge on any atom is -0.480 e. The largest absolute Gasteiger partial charge is 0.480 e. The first-order valence-corrected chi connectivity index (χ1v) is 10.4. The Hall–Kier alpha value is -3.81. The predicted octanol–water partition coefficient (Wildman–Crippen LogP) is 5.06. The standard InChI is InChI=1S/C25H21F3N2O3/c1-2-21-25(32)30(13-15-6-8-17(26)9-7-15)14-16-12-18(10-11-22(16)33-21)29-24(31)23-19(27)4-3-5-20(23)28/h3-12,21H,2,13-14H2,1H3,(H,29,31)/t21-/m0/s1. The SMILES string of the molecule is CC[C@@H]1Oc2ccc(NC(=O)c3c(F)cccc3F)cc2CN(Cc2ccc(F)cc2)C1=O. The van der Waals surface area contributed by atoms with E-state index in [9.17, 15) is 22.8 Å². The third kappa shape index (κ3) is 4.84. The van der Waals surface area contributed by atoms with E-state index in [1.54, 1.807) is 35.2 Å². The van der Waals surface area contributed by atoms with Crippen molar-refractivity contribution >= 4 is 17.5 Å².